The standard InChI is InChI=1S/C11H16ClN3O/c12-10-5-13-7-15-11(10)14-4-8-2-1-3-9(8)6-16/h5,7-9,16H,1-4,6H2,(H,13,14,15). The number of rotatable bonds is 4. The molecule has 0 aromatic carbocycles. The maximum atomic E-state index is 9.21. The van der Waals surface area contributed by atoms with Crippen molar-refractivity contribution in [2.24, 2.45) is 11.8 Å². The Kier molecular flexibility index (Phi) is 3.96. The molecule has 0 aliphatic heterocycles. The molecule has 1 aromatic heterocycles. The highest BCUT2D eigenvalue weighted by atomic mass is 35.5. The lowest BCUT2D eigenvalue weighted by Crippen LogP contribution is -2.21. The van der Waals surface area contributed by atoms with E-state index in [9.17, 15) is 5.11 Å². The Morgan fingerprint density at radius 1 is 1.44 bits per heavy atom. The van der Waals surface area contributed by atoms with Gasteiger partial charge in [0, 0.05) is 13.2 Å². The quantitative estimate of drug-likeness (QED) is 0.846. The van der Waals surface area contributed by atoms with Crippen LogP contribution < -0.4 is 5.32 Å². The van der Waals surface area contributed by atoms with Crippen LogP contribution in [0.3, 0.4) is 0 Å². The average molecular weight is 242 g/mol. The van der Waals surface area contributed by atoms with E-state index < -0.39 is 0 Å². The number of aliphatic hydroxyl groups excluding tert-OH is 1. The highest BCUT2D eigenvalue weighted by Gasteiger charge is 2.26. The molecule has 0 saturated heterocycles. The van der Waals surface area contributed by atoms with Gasteiger partial charge in [-0.3, -0.25) is 0 Å². The molecule has 0 amide bonds. The van der Waals surface area contributed by atoms with Gasteiger partial charge in [0.15, 0.2) is 0 Å². The van der Waals surface area contributed by atoms with Crippen molar-refractivity contribution in [2.75, 3.05) is 18.5 Å². The van der Waals surface area contributed by atoms with Gasteiger partial charge in [0.25, 0.3) is 0 Å². The molecule has 5 heteroatoms. The van der Waals surface area contributed by atoms with Crippen LogP contribution in [-0.2, 0) is 0 Å². The van der Waals surface area contributed by atoms with Crippen molar-refractivity contribution in [3.63, 3.8) is 0 Å². The third-order valence-corrected chi connectivity index (χ3v) is 3.53. The van der Waals surface area contributed by atoms with Crippen molar-refractivity contribution >= 4 is 17.4 Å². The van der Waals surface area contributed by atoms with Crippen molar-refractivity contribution in [2.45, 2.75) is 19.3 Å². The van der Waals surface area contributed by atoms with Crippen molar-refractivity contribution < 1.29 is 5.11 Å². The molecule has 1 aliphatic carbocycles. The summed E-state index contributed by atoms with van der Waals surface area (Å²) in [5.74, 6) is 1.63. The normalized spacial score (nSPS) is 24.6. The maximum absolute atomic E-state index is 9.21. The van der Waals surface area contributed by atoms with Gasteiger partial charge in [-0.2, -0.15) is 0 Å². The zero-order valence-electron chi connectivity index (χ0n) is 9.06. The molecule has 16 heavy (non-hydrogen) atoms. The lowest BCUT2D eigenvalue weighted by atomic mass is 9.97. The SMILES string of the molecule is OCC1CCCC1CNc1ncncc1Cl. The molecule has 0 spiro atoms. The minimum absolute atomic E-state index is 0.282. The first-order valence-corrected chi connectivity index (χ1v) is 5.99. The Balaban J connectivity index is 1.90. The van der Waals surface area contributed by atoms with Crippen LogP contribution in [0.25, 0.3) is 0 Å². The number of aromatic nitrogens is 2. The zero-order chi connectivity index (χ0) is 11.4. The van der Waals surface area contributed by atoms with E-state index in [4.69, 9.17) is 11.6 Å². The molecule has 2 unspecified atom stereocenters. The van der Waals surface area contributed by atoms with E-state index in [2.05, 4.69) is 15.3 Å². The van der Waals surface area contributed by atoms with Gasteiger partial charge in [0.2, 0.25) is 0 Å². The molecule has 0 bridgehead atoms. The fourth-order valence-electron chi connectivity index (χ4n) is 2.29. The van der Waals surface area contributed by atoms with Crippen molar-refractivity contribution in [3.8, 4) is 0 Å². The Hall–Kier alpha value is -0.870. The van der Waals surface area contributed by atoms with Crippen molar-refractivity contribution in [1.29, 1.82) is 0 Å². The fourth-order valence-corrected chi connectivity index (χ4v) is 2.47. The summed E-state index contributed by atoms with van der Waals surface area (Å²) in [4.78, 5) is 7.91. The highest BCUT2D eigenvalue weighted by Crippen LogP contribution is 2.31. The number of halogens is 1. The van der Waals surface area contributed by atoms with Crippen LogP contribution in [0.2, 0.25) is 5.02 Å². The molecule has 1 aromatic rings. The second-order valence-corrected chi connectivity index (χ2v) is 4.64. The molecular weight excluding hydrogens is 226 g/mol. The van der Waals surface area contributed by atoms with Gasteiger partial charge >= 0.3 is 0 Å². The summed E-state index contributed by atoms with van der Waals surface area (Å²) in [6.07, 6.45) is 6.55. The molecule has 2 rings (SSSR count). The summed E-state index contributed by atoms with van der Waals surface area (Å²) in [6.45, 7) is 1.10. The van der Waals surface area contributed by atoms with Crippen LogP contribution in [0.5, 0.6) is 0 Å². The summed E-state index contributed by atoms with van der Waals surface area (Å²) in [5.41, 5.74) is 0. The summed E-state index contributed by atoms with van der Waals surface area (Å²) in [6, 6.07) is 0. The number of nitrogens with one attached hydrogen (secondary N) is 1. The van der Waals surface area contributed by atoms with Crippen LogP contribution in [-0.4, -0.2) is 28.2 Å². The summed E-state index contributed by atoms with van der Waals surface area (Å²) < 4.78 is 0. The van der Waals surface area contributed by atoms with E-state index in [0.29, 0.717) is 22.7 Å². The number of hydrogen-bond donors (Lipinski definition) is 2. The number of nitrogens with zero attached hydrogens (tertiary/aromatic N) is 2. The van der Waals surface area contributed by atoms with E-state index in [-0.39, 0.29) is 6.61 Å². The second-order valence-electron chi connectivity index (χ2n) is 4.23. The minimum atomic E-state index is 0.282. The maximum Gasteiger partial charge on any atom is 0.148 e. The van der Waals surface area contributed by atoms with Gasteiger partial charge in [-0.1, -0.05) is 18.0 Å². The fraction of sp³-hybridized carbons (Fsp3) is 0.636. The number of aliphatic hydroxyl groups is 1. The Morgan fingerprint density at radius 2 is 2.25 bits per heavy atom. The molecule has 1 aliphatic rings. The van der Waals surface area contributed by atoms with E-state index >= 15 is 0 Å². The Labute approximate surface area is 100 Å². The largest absolute Gasteiger partial charge is 0.396 e. The predicted octanol–water partition coefficient (Wildman–Crippen LogP) is 1.95. The molecule has 2 atom stereocenters. The predicted molar refractivity (Wildman–Crippen MR) is 63.4 cm³/mol. The molecule has 1 saturated carbocycles. The van der Waals surface area contributed by atoms with Gasteiger partial charge < -0.3 is 10.4 Å². The molecule has 88 valence electrons. The van der Waals surface area contributed by atoms with Crippen LogP contribution in [0, 0.1) is 11.8 Å². The molecule has 1 heterocycles. The van der Waals surface area contributed by atoms with Crippen LogP contribution >= 0.6 is 11.6 Å². The number of hydrogen-bond acceptors (Lipinski definition) is 4. The summed E-state index contributed by atoms with van der Waals surface area (Å²) in [5, 5.41) is 13.0. The van der Waals surface area contributed by atoms with Crippen LogP contribution in [0.15, 0.2) is 12.5 Å². The smallest absolute Gasteiger partial charge is 0.148 e. The minimum Gasteiger partial charge on any atom is -0.396 e. The lowest BCUT2D eigenvalue weighted by molar-refractivity contribution is 0.199. The van der Waals surface area contributed by atoms with Crippen molar-refractivity contribution in [3.05, 3.63) is 17.5 Å². The molecule has 0 radical (unpaired) electrons. The van der Waals surface area contributed by atoms with Gasteiger partial charge in [0.05, 0.1) is 6.20 Å². The molecule has 4 nitrogen and oxygen atoms in total. The van der Waals surface area contributed by atoms with E-state index in [0.717, 1.165) is 13.0 Å². The Bertz CT molecular complexity index is 348. The second kappa shape index (κ2) is 5.46. The first-order chi connectivity index (χ1) is 7.81. The summed E-state index contributed by atoms with van der Waals surface area (Å²) >= 11 is 5.94. The van der Waals surface area contributed by atoms with E-state index in [1.165, 1.54) is 19.2 Å². The first kappa shape index (κ1) is 11.6. The molecule has 1 fully saturated rings. The van der Waals surface area contributed by atoms with Gasteiger partial charge in [-0.25, -0.2) is 9.97 Å². The van der Waals surface area contributed by atoms with Gasteiger partial charge in [-0.15, -0.1) is 0 Å². The third kappa shape index (κ3) is 2.62. The lowest BCUT2D eigenvalue weighted by Gasteiger charge is -2.18. The summed E-state index contributed by atoms with van der Waals surface area (Å²) in [7, 11) is 0. The average Bonchev–Trinajstić information content (AvgIpc) is 2.75. The van der Waals surface area contributed by atoms with Crippen LogP contribution in [0.1, 0.15) is 19.3 Å². The van der Waals surface area contributed by atoms with Crippen LogP contribution in [0.4, 0.5) is 5.82 Å². The van der Waals surface area contributed by atoms with Crippen molar-refractivity contribution in [1.82, 2.24) is 9.97 Å². The molecule has 2 N–H and O–H groups in total. The highest BCUT2D eigenvalue weighted by molar-refractivity contribution is 6.32. The third-order valence-electron chi connectivity index (χ3n) is 3.25. The molecular formula is C11H16ClN3O. The zero-order valence-corrected chi connectivity index (χ0v) is 9.82. The Morgan fingerprint density at radius 3 is 3.00 bits per heavy atom. The van der Waals surface area contributed by atoms with Gasteiger partial charge in [0.1, 0.15) is 17.2 Å². The number of anilines is 1. The van der Waals surface area contributed by atoms with E-state index in [1.807, 2.05) is 0 Å². The first-order valence-electron chi connectivity index (χ1n) is 5.61. The van der Waals surface area contributed by atoms with Gasteiger partial charge in [-0.05, 0) is 24.7 Å². The topological polar surface area (TPSA) is 58.0 Å². The monoisotopic (exact) mass is 241 g/mol. The van der Waals surface area contributed by atoms with E-state index in [1.54, 1.807) is 6.20 Å².